The zero-order valence-electron chi connectivity index (χ0n) is 11.8. The number of hydrogen-bond acceptors (Lipinski definition) is 3. The van der Waals surface area contributed by atoms with E-state index in [1.165, 1.54) is 11.1 Å². The number of anilines is 1. The van der Waals surface area contributed by atoms with Crippen molar-refractivity contribution in [2.45, 2.75) is 20.4 Å². The molecule has 1 heterocycles. The Balaban J connectivity index is 1.80. The van der Waals surface area contributed by atoms with Gasteiger partial charge in [0, 0.05) is 24.6 Å². The highest BCUT2D eigenvalue weighted by molar-refractivity contribution is 5.80. The van der Waals surface area contributed by atoms with Gasteiger partial charge in [-0.05, 0) is 54.8 Å². The Bertz CT molecular complexity index is 561. The Morgan fingerprint density at radius 2 is 1.75 bits per heavy atom. The third-order valence-corrected chi connectivity index (χ3v) is 2.91. The van der Waals surface area contributed by atoms with Crippen LogP contribution in [0.4, 0.5) is 5.69 Å². The highest BCUT2D eigenvalue weighted by atomic mass is 16.1. The summed E-state index contributed by atoms with van der Waals surface area (Å²) >= 11 is 0. The molecule has 0 spiro atoms. The summed E-state index contributed by atoms with van der Waals surface area (Å²) in [7, 11) is 0. The molecule has 4 nitrogen and oxygen atoms in total. The van der Waals surface area contributed by atoms with E-state index in [-0.39, 0.29) is 12.5 Å². The fourth-order valence-corrected chi connectivity index (χ4v) is 2.02. The Kier molecular flexibility index (Phi) is 4.71. The second kappa shape index (κ2) is 6.70. The number of rotatable bonds is 5. The van der Waals surface area contributed by atoms with E-state index in [4.69, 9.17) is 0 Å². The minimum atomic E-state index is -0.0269. The van der Waals surface area contributed by atoms with Gasteiger partial charge in [-0.15, -0.1) is 0 Å². The van der Waals surface area contributed by atoms with Crippen LogP contribution < -0.4 is 10.6 Å². The Hall–Kier alpha value is -2.36. The van der Waals surface area contributed by atoms with Crippen LogP contribution in [0.3, 0.4) is 0 Å². The van der Waals surface area contributed by atoms with Crippen molar-refractivity contribution in [1.82, 2.24) is 10.3 Å². The fourth-order valence-electron chi connectivity index (χ4n) is 2.02. The zero-order chi connectivity index (χ0) is 14.4. The van der Waals surface area contributed by atoms with Crippen molar-refractivity contribution in [1.29, 1.82) is 0 Å². The van der Waals surface area contributed by atoms with Gasteiger partial charge in [0.05, 0.1) is 6.54 Å². The van der Waals surface area contributed by atoms with Gasteiger partial charge in [-0.2, -0.15) is 0 Å². The number of aryl methyl sites for hydroxylation is 2. The van der Waals surface area contributed by atoms with E-state index in [9.17, 15) is 4.79 Å². The first-order chi connectivity index (χ1) is 9.63. The van der Waals surface area contributed by atoms with Gasteiger partial charge >= 0.3 is 0 Å². The fraction of sp³-hybridized carbons (Fsp3) is 0.250. The molecule has 20 heavy (non-hydrogen) atoms. The predicted molar refractivity (Wildman–Crippen MR) is 80.5 cm³/mol. The van der Waals surface area contributed by atoms with Crippen molar-refractivity contribution in [3.63, 3.8) is 0 Å². The molecule has 104 valence electrons. The Morgan fingerprint density at radius 3 is 2.40 bits per heavy atom. The molecule has 0 fully saturated rings. The van der Waals surface area contributed by atoms with Gasteiger partial charge in [-0.3, -0.25) is 9.78 Å². The largest absolute Gasteiger partial charge is 0.376 e. The van der Waals surface area contributed by atoms with Crippen LogP contribution >= 0.6 is 0 Å². The maximum absolute atomic E-state index is 11.8. The van der Waals surface area contributed by atoms with Gasteiger partial charge in [0.1, 0.15) is 0 Å². The molecule has 4 heteroatoms. The molecule has 0 saturated carbocycles. The van der Waals surface area contributed by atoms with Crippen LogP contribution in [0.25, 0.3) is 0 Å². The summed E-state index contributed by atoms with van der Waals surface area (Å²) < 4.78 is 0. The van der Waals surface area contributed by atoms with Crippen LogP contribution in [0.2, 0.25) is 0 Å². The third-order valence-electron chi connectivity index (χ3n) is 2.91. The van der Waals surface area contributed by atoms with Crippen LogP contribution in [-0.4, -0.2) is 17.4 Å². The van der Waals surface area contributed by atoms with Gasteiger partial charge in [0.2, 0.25) is 5.91 Å². The standard InChI is InChI=1S/C16H19N3O/c1-12-7-13(2)9-15(8-12)18-11-16(20)19-10-14-3-5-17-6-4-14/h3-9,18H,10-11H2,1-2H3,(H,19,20). The van der Waals surface area contributed by atoms with Gasteiger partial charge < -0.3 is 10.6 Å². The van der Waals surface area contributed by atoms with Gasteiger partial charge in [0.25, 0.3) is 0 Å². The monoisotopic (exact) mass is 269 g/mol. The summed E-state index contributed by atoms with van der Waals surface area (Å²) in [5.41, 5.74) is 4.38. The zero-order valence-corrected chi connectivity index (χ0v) is 11.8. The maximum Gasteiger partial charge on any atom is 0.239 e. The number of nitrogens with one attached hydrogen (secondary N) is 2. The number of amides is 1. The lowest BCUT2D eigenvalue weighted by atomic mass is 10.1. The normalized spacial score (nSPS) is 10.1. The van der Waals surface area contributed by atoms with E-state index < -0.39 is 0 Å². The van der Waals surface area contributed by atoms with E-state index in [1.807, 2.05) is 38.1 Å². The molecule has 0 unspecified atom stereocenters. The summed E-state index contributed by atoms with van der Waals surface area (Å²) in [6.07, 6.45) is 3.44. The summed E-state index contributed by atoms with van der Waals surface area (Å²) in [4.78, 5) is 15.7. The Morgan fingerprint density at radius 1 is 1.10 bits per heavy atom. The van der Waals surface area contributed by atoms with Crippen molar-refractivity contribution in [2.75, 3.05) is 11.9 Å². The first kappa shape index (κ1) is 14.1. The number of carbonyl (C=O) groups is 1. The first-order valence-electron chi connectivity index (χ1n) is 6.61. The lowest BCUT2D eigenvalue weighted by Gasteiger charge is -2.09. The van der Waals surface area contributed by atoms with Crippen LogP contribution in [-0.2, 0) is 11.3 Å². The molecule has 2 N–H and O–H groups in total. The van der Waals surface area contributed by atoms with E-state index in [1.54, 1.807) is 12.4 Å². The number of pyridine rings is 1. The summed E-state index contributed by atoms with van der Waals surface area (Å²) in [6, 6.07) is 9.94. The van der Waals surface area contributed by atoms with Crippen LogP contribution in [0.15, 0.2) is 42.7 Å². The molecule has 0 aliphatic rings. The molecule has 0 radical (unpaired) electrons. The molecule has 0 bridgehead atoms. The van der Waals surface area contributed by atoms with E-state index in [0.717, 1.165) is 11.3 Å². The van der Waals surface area contributed by atoms with Crippen molar-refractivity contribution in [2.24, 2.45) is 0 Å². The van der Waals surface area contributed by atoms with Crippen molar-refractivity contribution >= 4 is 11.6 Å². The van der Waals surface area contributed by atoms with Crippen molar-refractivity contribution < 1.29 is 4.79 Å². The molecule has 1 amide bonds. The molecule has 1 aromatic carbocycles. The van der Waals surface area contributed by atoms with Crippen LogP contribution in [0.1, 0.15) is 16.7 Å². The van der Waals surface area contributed by atoms with E-state index in [0.29, 0.717) is 6.54 Å². The molecular weight excluding hydrogens is 250 g/mol. The topological polar surface area (TPSA) is 54.0 Å². The minimum Gasteiger partial charge on any atom is -0.376 e. The Labute approximate surface area is 119 Å². The molecule has 0 aliphatic carbocycles. The number of hydrogen-bond donors (Lipinski definition) is 2. The lowest BCUT2D eigenvalue weighted by molar-refractivity contribution is -0.119. The molecule has 1 aromatic heterocycles. The second-order valence-corrected chi connectivity index (χ2v) is 4.86. The quantitative estimate of drug-likeness (QED) is 0.876. The third kappa shape index (κ3) is 4.39. The van der Waals surface area contributed by atoms with Gasteiger partial charge in [-0.1, -0.05) is 6.07 Å². The van der Waals surface area contributed by atoms with Crippen molar-refractivity contribution in [3.05, 3.63) is 59.4 Å². The van der Waals surface area contributed by atoms with E-state index in [2.05, 4.69) is 21.7 Å². The SMILES string of the molecule is Cc1cc(C)cc(NCC(=O)NCc2ccncc2)c1. The summed E-state index contributed by atoms with van der Waals surface area (Å²) in [5.74, 6) is -0.0269. The summed E-state index contributed by atoms with van der Waals surface area (Å²) in [6.45, 7) is 4.88. The number of nitrogens with zero attached hydrogens (tertiary/aromatic N) is 1. The highest BCUT2D eigenvalue weighted by Gasteiger charge is 2.02. The van der Waals surface area contributed by atoms with Gasteiger partial charge in [-0.25, -0.2) is 0 Å². The molecule has 0 aliphatic heterocycles. The van der Waals surface area contributed by atoms with Crippen molar-refractivity contribution in [3.8, 4) is 0 Å². The molecule has 0 saturated heterocycles. The van der Waals surface area contributed by atoms with Crippen LogP contribution in [0.5, 0.6) is 0 Å². The predicted octanol–water partition coefficient (Wildman–Crippen LogP) is 2.43. The average Bonchev–Trinajstić information content (AvgIpc) is 2.43. The van der Waals surface area contributed by atoms with Crippen LogP contribution in [0, 0.1) is 13.8 Å². The molecule has 2 aromatic rings. The molecular formula is C16H19N3O. The molecule has 2 rings (SSSR count). The number of benzene rings is 1. The summed E-state index contributed by atoms with van der Waals surface area (Å²) in [5, 5.41) is 6.01. The highest BCUT2D eigenvalue weighted by Crippen LogP contribution is 2.13. The number of aromatic nitrogens is 1. The average molecular weight is 269 g/mol. The first-order valence-corrected chi connectivity index (χ1v) is 6.61. The smallest absolute Gasteiger partial charge is 0.239 e. The lowest BCUT2D eigenvalue weighted by Crippen LogP contribution is -2.29. The maximum atomic E-state index is 11.8. The van der Waals surface area contributed by atoms with E-state index >= 15 is 0 Å². The second-order valence-electron chi connectivity index (χ2n) is 4.86. The minimum absolute atomic E-state index is 0.0269. The van der Waals surface area contributed by atoms with Gasteiger partial charge in [0.15, 0.2) is 0 Å². The molecule has 0 atom stereocenters. The number of carbonyl (C=O) groups excluding carboxylic acids is 1.